The van der Waals surface area contributed by atoms with Crippen molar-refractivity contribution in [2.75, 3.05) is 43.1 Å². The van der Waals surface area contributed by atoms with Crippen molar-refractivity contribution in [1.29, 1.82) is 0 Å². The van der Waals surface area contributed by atoms with Gasteiger partial charge in [-0.3, -0.25) is 4.79 Å². The highest BCUT2D eigenvalue weighted by molar-refractivity contribution is 5.45. The second-order valence-corrected chi connectivity index (χ2v) is 5.06. The number of aromatic nitrogens is 4. The molecule has 1 fully saturated rings. The van der Waals surface area contributed by atoms with Gasteiger partial charge in [0.05, 0.1) is 7.11 Å². The van der Waals surface area contributed by atoms with Gasteiger partial charge in [-0.05, 0) is 0 Å². The molecule has 3 heterocycles. The maximum atomic E-state index is 12.1. The maximum Gasteiger partial charge on any atom is 0.293 e. The first-order chi connectivity index (χ1) is 10.7. The molecule has 0 saturated carbocycles. The largest absolute Gasteiger partial charge is 0.481 e. The topological polar surface area (TPSA) is 76.4 Å². The van der Waals surface area contributed by atoms with Crippen molar-refractivity contribution in [2.24, 2.45) is 7.05 Å². The van der Waals surface area contributed by atoms with Crippen LogP contribution in [0.1, 0.15) is 0 Å². The number of anilines is 2. The van der Waals surface area contributed by atoms with E-state index in [1.54, 1.807) is 31.1 Å². The van der Waals surface area contributed by atoms with Crippen molar-refractivity contribution >= 4 is 11.6 Å². The average molecular weight is 302 g/mol. The quantitative estimate of drug-likeness (QED) is 0.784. The van der Waals surface area contributed by atoms with Crippen molar-refractivity contribution in [3.8, 4) is 5.88 Å². The van der Waals surface area contributed by atoms with E-state index in [0.29, 0.717) is 11.7 Å². The number of ether oxygens (including phenoxy) is 1. The van der Waals surface area contributed by atoms with Crippen molar-refractivity contribution in [2.45, 2.75) is 0 Å². The molecule has 0 atom stereocenters. The Balaban J connectivity index is 1.72. The molecule has 0 spiro atoms. The molecule has 0 amide bonds. The van der Waals surface area contributed by atoms with Crippen LogP contribution >= 0.6 is 0 Å². The zero-order valence-corrected chi connectivity index (χ0v) is 12.6. The molecule has 0 bridgehead atoms. The van der Waals surface area contributed by atoms with Gasteiger partial charge in [0.2, 0.25) is 5.88 Å². The molecule has 8 nitrogen and oxygen atoms in total. The Hall–Kier alpha value is -2.64. The van der Waals surface area contributed by atoms with Crippen LogP contribution in [0.3, 0.4) is 0 Å². The van der Waals surface area contributed by atoms with Gasteiger partial charge in [-0.15, -0.1) is 0 Å². The number of hydrogen-bond acceptors (Lipinski definition) is 7. The van der Waals surface area contributed by atoms with Crippen LogP contribution < -0.4 is 20.1 Å². The standard InChI is InChI=1S/C14H18N6O2/c1-18-4-3-15-13(14(18)21)20-7-5-19(6-8-20)11-9-12(22-2)17-10-16-11/h3-4,9-10H,5-8H2,1-2H3. The van der Waals surface area contributed by atoms with Crippen LogP contribution in [-0.2, 0) is 7.05 Å². The fraction of sp³-hybridized carbons (Fsp3) is 0.429. The molecular formula is C14H18N6O2. The average Bonchev–Trinajstić information content (AvgIpc) is 2.58. The van der Waals surface area contributed by atoms with Crippen molar-refractivity contribution < 1.29 is 4.74 Å². The van der Waals surface area contributed by atoms with Crippen LogP contribution in [0.15, 0.2) is 29.6 Å². The molecule has 1 aliphatic heterocycles. The predicted molar refractivity (Wildman–Crippen MR) is 82.5 cm³/mol. The van der Waals surface area contributed by atoms with Crippen molar-refractivity contribution in [1.82, 2.24) is 19.5 Å². The van der Waals surface area contributed by atoms with E-state index in [-0.39, 0.29) is 5.56 Å². The molecule has 0 aromatic carbocycles. The van der Waals surface area contributed by atoms with Crippen molar-refractivity contribution in [3.05, 3.63) is 35.1 Å². The monoisotopic (exact) mass is 302 g/mol. The SMILES string of the molecule is COc1cc(N2CCN(c3nccn(C)c3=O)CC2)ncn1. The highest BCUT2D eigenvalue weighted by Crippen LogP contribution is 2.18. The first kappa shape index (κ1) is 14.3. The third kappa shape index (κ3) is 2.72. The fourth-order valence-corrected chi connectivity index (χ4v) is 2.46. The molecule has 0 aliphatic carbocycles. The van der Waals surface area contributed by atoms with E-state index in [4.69, 9.17) is 4.74 Å². The Morgan fingerprint density at radius 3 is 2.55 bits per heavy atom. The van der Waals surface area contributed by atoms with Gasteiger partial charge in [-0.25, -0.2) is 15.0 Å². The van der Waals surface area contributed by atoms with Gasteiger partial charge >= 0.3 is 0 Å². The highest BCUT2D eigenvalue weighted by Gasteiger charge is 2.21. The molecule has 8 heteroatoms. The first-order valence-corrected chi connectivity index (χ1v) is 7.06. The molecule has 0 N–H and O–H groups in total. The van der Waals surface area contributed by atoms with E-state index in [2.05, 4.69) is 19.9 Å². The van der Waals surface area contributed by atoms with Gasteiger partial charge in [-0.1, -0.05) is 0 Å². The van der Waals surface area contributed by atoms with Gasteiger partial charge in [0, 0.05) is 51.7 Å². The van der Waals surface area contributed by atoms with E-state index in [9.17, 15) is 4.79 Å². The molecule has 0 radical (unpaired) electrons. The molecule has 116 valence electrons. The summed E-state index contributed by atoms with van der Waals surface area (Å²) >= 11 is 0. The highest BCUT2D eigenvalue weighted by atomic mass is 16.5. The van der Waals surface area contributed by atoms with Crippen LogP contribution in [0.25, 0.3) is 0 Å². The summed E-state index contributed by atoms with van der Waals surface area (Å²) in [4.78, 5) is 28.8. The minimum Gasteiger partial charge on any atom is -0.481 e. The Morgan fingerprint density at radius 2 is 1.82 bits per heavy atom. The lowest BCUT2D eigenvalue weighted by atomic mass is 10.3. The molecule has 3 rings (SSSR count). The molecule has 1 saturated heterocycles. The number of nitrogens with zero attached hydrogens (tertiary/aromatic N) is 6. The Kier molecular flexibility index (Phi) is 3.90. The maximum absolute atomic E-state index is 12.1. The summed E-state index contributed by atoms with van der Waals surface area (Å²) < 4.78 is 6.67. The summed E-state index contributed by atoms with van der Waals surface area (Å²) in [6, 6.07) is 1.81. The van der Waals surface area contributed by atoms with Crippen LogP contribution in [0.4, 0.5) is 11.6 Å². The summed E-state index contributed by atoms with van der Waals surface area (Å²) in [7, 11) is 3.32. The molecule has 2 aromatic rings. The van der Waals surface area contributed by atoms with Gasteiger partial charge in [0.15, 0.2) is 5.82 Å². The summed E-state index contributed by atoms with van der Waals surface area (Å²) in [5, 5.41) is 0. The summed E-state index contributed by atoms with van der Waals surface area (Å²) in [6.07, 6.45) is 4.81. The third-order valence-corrected chi connectivity index (χ3v) is 3.74. The Morgan fingerprint density at radius 1 is 1.09 bits per heavy atom. The lowest BCUT2D eigenvalue weighted by Gasteiger charge is -2.35. The van der Waals surface area contributed by atoms with E-state index < -0.39 is 0 Å². The lowest BCUT2D eigenvalue weighted by molar-refractivity contribution is 0.396. The summed E-state index contributed by atoms with van der Waals surface area (Å²) in [5.41, 5.74) is -0.0698. The zero-order valence-electron chi connectivity index (χ0n) is 12.6. The number of hydrogen-bond donors (Lipinski definition) is 0. The van der Waals surface area contributed by atoms with Crippen LogP contribution in [0.5, 0.6) is 5.88 Å². The molecule has 1 aliphatic rings. The second-order valence-electron chi connectivity index (χ2n) is 5.06. The van der Waals surface area contributed by atoms with Gasteiger partial charge in [0.25, 0.3) is 5.56 Å². The van der Waals surface area contributed by atoms with Crippen molar-refractivity contribution in [3.63, 3.8) is 0 Å². The van der Waals surface area contributed by atoms with Gasteiger partial charge in [-0.2, -0.15) is 0 Å². The number of rotatable bonds is 3. The van der Waals surface area contributed by atoms with E-state index >= 15 is 0 Å². The van der Waals surface area contributed by atoms with Crippen LogP contribution in [-0.4, -0.2) is 52.8 Å². The second kappa shape index (κ2) is 6.00. The lowest BCUT2D eigenvalue weighted by Crippen LogP contribution is -2.49. The van der Waals surface area contributed by atoms with Crippen LogP contribution in [0, 0.1) is 0 Å². The zero-order chi connectivity index (χ0) is 15.5. The number of piperazine rings is 1. The fourth-order valence-electron chi connectivity index (χ4n) is 2.46. The van der Waals surface area contributed by atoms with E-state index in [1.807, 2.05) is 11.0 Å². The smallest absolute Gasteiger partial charge is 0.293 e. The minimum absolute atomic E-state index is 0.0698. The first-order valence-electron chi connectivity index (χ1n) is 7.06. The molecule has 0 unspecified atom stereocenters. The van der Waals surface area contributed by atoms with Crippen LogP contribution in [0.2, 0.25) is 0 Å². The molecular weight excluding hydrogens is 284 g/mol. The number of aryl methyl sites for hydroxylation is 1. The van der Waals surface area contributed by atoms with E-state index in [1.165, 1.54) is 6.33 Å². The summed E-state index contributed by atoms with van der Waals surface area (Å²) in [6.45, 7) is 2.97. The predicted octanol–water partition coefficient (Wildman–Crippen LogP) is -0.0945. The summed E-state index contributed by atoms with van der Waals surface area (Å²) in [5.74, 6) is 1.89. The number of methoxy groups -OCH3 is 1. The van der Waals surface area contributed by atoms with E-state index in [0.717, 1.165) is 32.0 Å². The normalized spacial score (nSPS) is 15.0. The Labute approximate surface area is 128 Å². The molecule has 22 heavy (non-hydrogen) atoms. The Bertz CT molecular complexity index is 708. The van der Waals surface area contributed by atoms with Gasteiger partial charge in [0.1, 0.15) is 12.1 Å². The molecule has 2 aromatic heterocycles. The third-order valence-electron chi connectivity index (χ3n) is 3.74. The minimum atomic E-state index is -0.0698. The van der Waals surface area contributed by atoms with Gasteiger partial charge < -0.3 is 19.1 Å².